The molecular weight excluding hydrogens is 662 g/mol. The number of allylic oxidation sites excluding steroid dienone is 1. The summed E-state index contributed by atoms with van der Waals surface area (Å²) in [5.41, 5.74) is 3.49. The molecule has 1 saturated carbocycles. The summed E-state index contributed by atoms with van der Waals surface area (Å²) in [6.07, 6.45) is 14.3. The number of carbonyl (C=O) groups excluding carboxylic acids is 2. The molecular formula is C37H46ClN5O5S. The number of anilines is 1. The van der Waals surface area contributed by atoms with E-state index in [1.54, 1.807) is 24.1 Å². The Balaban J connectivity index is 1.36. The number of ether oxygens (including phenoxy) is 2. The molecule has 49 heavy (non-hydrogen) atoms. The van der Waals surface area contributed by atoms with Crippen molar-refractivity contribution < 1.29 is 23.3 Å². The number of carbonyl (C=O) groups is 2. The van der Waals surface area contributed by atoms with Gasteiger partial charge >= 0.3 is 0 Å². The van der Waals surface area contributed by atoms with E-state index in [1.807, 2.05) is 30.5 Å². The molecule has 3 aromatic rings. The van der Waals surface area contributed by atoms with Crippen LogP contribution < -0.4 is 14.4 Å². The maximum Gasteiger partial charge on any atom is 0.286 e. The third-order valence-corrected chi connectivity index (χ3v) is 11.9. The lowest BCUT2D eigenvalue weighted by Crippen LogP contribution is -2.43. The quantitative estimate of drug-likeness (QED) is 0.281. The van der Waals surface area contributed by atoms with Crippen LogP contribution in [0.3, 0.4) is 0 Å². The Kier molecular flexibility index (Phi) is 11.7. The molecule has 2 bridgehead atoms. The van der Waals surface area contributed by atoms with E-state index < -0.39 is 21.7 Å². The van der Waals surface area contributed by atoms with Crippen molar-refractivity contribution in [3.8, 4) is 5.75 Å². The minimum atomic E-state index is -3.40. The fourth-order valence-corrected chi connectivity index (χ4v) is 8.81. The number of aryl methyl sites for hydroxylation is 2. The number of methoxy groups -OCH3 is 1. The highest BCUT2D eigenvalue weighted by atomic mass is 35.5. The maximum atomic E-state index is 14.2. The van der Waals surface area contributed by atoms with Crippen LogP contribution in [0.15, 0.2) is 71.4 Å². The summed E-state index contributed by atoms with van der Waals surface area (Å²) < 4.78 is 35.2. The van der Waals surface area contributed by atoms with E-state index in [0.717, 1.165) is 49.4 Å². The van der Waals surface area contributed by atoms with Crippen molar-refractivity contribution in [1.29, 1.82) is 0 Å². The maximum absolute atomic E-state index is 14.2. The molecule has 6 rings (SSSR count). The zero-order valence-corrected chi connectivity index (χ0v) is 29.7. The van der Waals surface area contributed by atoms with E-state index in [4.69, 9.17) is 21.1 Å². The third kappa shape index (κ3) is 9.12. The SMILES string of the molecule is CO[C@H]1/C=C/CCCS(=O)(NC(=O)CCCn2cccn2)=NC(=O)c2ccc3c(c2)N(Cc2ccc(Cl)cc2CCCCO3)C[C@@H]2CC[C@H]21. The van der Waals surface area contributed by atoms with E-state index >= 15 is 0 Å². The van der Waals surface area contributed by atoms with Crippen molar-refractivity contribution in [1.82, 2.24) is 14.5 Å². The third-order valence-electron chi connectivity index (χ3n) is 9.77. The van der Waals surface area contributed by atoms with Crippen molar-refractivity contribution in [3.05, 3.63) is 88.7 Å². The van der Waals surface area contributed by atoms with Crippen molar-refractivity contribution in [2.24, 2.45) is 16.2 Å². The molecule has 2 aromatic carbocycles. The molecule has 262 valence electrons. The summed E-state index contributed by atoms with van der Waals surface area (Å²) in [7, 11) is -1.65. The molecule has 1 aromatic heterocycles. The first kappa shape index (κ1) is 35.2. The molecule has 2 amide bonds. The van der Waals surface area contributed by atoms with Gasteiger partial charge in [-0.3, -0.25) is 19.0 Å². The molecule has 4 atom stereocenters. The van der Waals surface area contributed by atoms with Crippen LogP contribution in [0, 0.1) is 11.8 Å². The first-order chi connectivity index (χ1) is 23.8. The minimum absolute atomic E-state index is 0.0474. The Bertz CT molecular complexity index is 1770. The molecule has 2 aliphatic heterocycles. The number of fused-ring (bicyclic) bond motifs is 3. The summed E-state index contributed by atoms with van der Waals surface area (Å²) in [6.45, 7) is 2.45. The van der Waals surface area contributed by atoms with Crippen LogP contribution in [0.25, 0.3) is 0 Å². The number of nitrogens with one attached hydrogen (secondary N) is 1. The lowest BCUT2D eigenvalue weighted by molar-refractivity contribution is -0.119. The number of nitrogens with zero attached hydrogens (tertiary/aromatic N) is 4. The lowest BCUT2D eigenvalue weighted by atomic mass is 9.70. The Morgan fingerprint density at radius 1 is 1.14 bits per heavy atom. The lowest BCUT2D eigenvalue weighted by Gasteiger charge is -2.43. The highest BCUT2D eigenvalue weighted by Crippen LogP contribution is 2.42. The molecule has 10 nitrogen and oxygen atoms in total. The van der Waals surface area contributed by atoms with Gasteiger partial charge in [-0.2, -0.15) is 5.10 Å². The monoisotopic (exact) mass is 707 g/mol. The molecule has 12 heteroatoms. The molecule has 0 radical (unpaired) electrons. The van der Waals surface area contributed by atoms with E-state index in [0.29, 0.717) is 62.1 Å². The average Bonchev–Trinajstić information content (AvgIpc) is 3.58. The van der Waals surface area contributed by atoms with Gasteiger partial charge in [0, 0.05) is 56.1 Å². The first-order valence-electron chi connectivity index (χ1n) is 17.4. The van der Waals surface area contributed by atoms with Gasteiger partial charge in [0.2, 0.25) is 5.91 Å². The van der Waals surface area contributed by atoms with Gasteiger partial charge in [-0.1, -0.05) is 29.8 Å². The van der Waals surface area contributed by atoms with Crippen molar-refractivity contribution in [2.75, 3.05) is 30.9 Å². The topological polar surface area (TPSA) is 115 Å². The summed E-state index contributed by atoms with van der Waals surface area (Å²) in [4.78, 5) is 29.1. The minimum Gasteiger partial charge on any atom is -0.491 e. The largest absolute Gasteiger partial charge is 0.491 e. The Morgan fingerprint density at radius 2 is 2.04 bits per heavy atom. The average molecular weight is 708 g/mol. The number of hydrogen-bond acceptors (Lipinski definition) is 7. The normalized spacial score (nSPS) is 25.3. The summed E-state index contributed by atoms with van der Waals surface area (Å²) in [5, 5.41) is 4.89. The summed E-state index contributed by atoms with van der Waals surface area (Å²) >= 11 is 6.45. The molecule has 0 spiro atoms. The first-order valence-corrected chi connectivity index (χ1v) is 19.4. The number of halogens is 1. The van der Waals surface area contributed by atoms with Gasteiger partial charge in [0.05, 0.1) is 24.2 Å². The second kappa shape index (κ2) is 16.4. The zero-order valence-electron chi connectivity index (χ0n) is 28.1. The van der Waals surface area contributed by atoms with Crippen molar-refractivity contribution in [2.45, 2.75) is 77.0 Å². The molecule has 1 unspecified atom stereocenters. The van der Waals surface area contributed by atoms with E-state index in [9.17, 15) is 13.8 Å². The van der Waals surface area contributed by atoms with Gasteiger partial charge in [0.25, 0.3) is 5.91 Å². The zero-order chi connectivity index (χ0) is 34.2. The van der Waals surface area contributed by atoms with Gasteiger partial charge in [-0.15, -0.1) is 4.36 Å². The highest BCUT2D eigenvalue weighted by Gasteiger charge is 2.38. The Morgan fingerprint density at radius 3 is 2.84 bits per heavy atom. The molecule has 1 aliphatic carbocycles. The van der Waals surface area contributed by atoms with Crippen LogP contribution in [0.2, 0.25) is 5.02 Å². The number of rotatable bonds is 6. The summed E-state index contributed by atoms with van der Waals surface area (Å²) in [6, 6.07) is 13.2. The van der Waals surface area contributed by atoms with Crippen molar-refractivity contribution in [3.63, 3.8) is 0 Å². The second-order valence-electron chi connectivity index (χ2n) is 13.2. The fraction of sp³-hybridized carbons (Fsp3) is 0.486. The van der Waals surface area contributed by atoms with Gasteiger partial charge in [0.15, 0.2) is 0 Å². The van der Waals surface area contributed by atoms with Gasteiger partial charge in [-0.25, -0.2) is 4.21 Å². The predicted octanol–water partition coefficient (Wildman–Crippen LogP) is 6.77. The van der Waals surface area contributed by atoms with Crippen LogP contribution in [0.1, 0.15) is 72.9 Å². The van der Waals surface area contributed by atoms with E-state index in [1.165, 1.54) is 11.1 Å². The van der Waals surface area contributed by atoms with Crippen molar-refractivity contribution >= 4 is 39.0 Å². The highest BCUT2D eigenvalue weighted by molar-refractivity contribution is 7.92. The van der Waals surface area contributed by atoms with E-state index in [2.05, 4.69) is 43.4 Å². The van der Waals surface area contributed by atoms with Crippen LogP contribution in [0.4, 0.5) is 5.69 Å². The van der Waals surface area contributed by atoms with Crippen LogP contribution in [-0.4, -0.2) is 57.9 Å². The standard InChI is InChI=1S/C37H46ClN5O5S/c1-47-34-10-3-2-6-22-49(46,40-36(44)11-7-19-43-20-8-18-39-43)41-37(45)28-14-17-35-33(24-28)42(26-30-13-16-32(30)34)25-29-12-15-31(38)23-27(29)9-4-5-21-48-35/h3,8,10,12,14-15,17-18,20,23-24,30,32,34H,2,4-7,9,11,13,16,19,21-22,25-26H2,1H3,(H,40,41,44,45,46)/b10-3+/t30-,32+,34-,49?/m0/s1. The molecule has 0 saturated heterocycles. The smallest absolute Gasteiger partial charge is 0.286 e. The van der Waals surface area contributed by atoms with E-state index in [-0.39, 0.29) is 18.3 Å². The second-order valence-corrected chi connectivity index (χ2v) is 15.7. The van der Waals surface area contributed by atoms with Gasteiger partial charge in [-0.05, 0) is 111 Å². The number of amides is 2. The number of hydrogen-bond donors (Lipinski definition) is 1. The molecule has 1 N–H and O–H groups in total. The Hall–Kier alpha value is -3.67. The fourth-order valence-electron chi connectivity index (χ4n) is 6.98. The van der Waals surface area contributed by atoms with Crippen LogP contribution in [0.5, 0.6) is 5.75 Å². The van der Waals surface area contributed by atoms with Crippen LogP contribution in [-0.2, 0) is 39.0 Å². The van der Waals surface area contributed by atoms with Gasteiger partial charge < -0.3 is 14.4 Å². The number of benzene rings is 2. The predicted molar refractivity (Wildman–Crippen MR) is 192 cm³/mol. The Labute approximate surface area is 294 Å². The number of aromatic nitrogens is 2. The molecule has 1 fully saturated rings. The summed E-state index contributed by atoms with van der Waals surface area (Å²) in [5.74, 6) is 0.426. The van der Waals surface area contributed by atoms with Gasteiger partial charge in [0.1, 0.15) is 15.7 Å². The van der Waals surface area contributed by atoms with Crippen LogP contribution >= 0.6 is 11.6 Å². The molecule has 3 aliphatic rings. The molecule has 3 heterocycles.